The highest BCUT2D eigenvalue weighted by Gasteiger charge is 2.11. The number of urea groups is 1. The Morgan fingerprint density at radius 2 is 2.05 bits per heavy atom. The summed E-state index contributed by atoms with van der Waals surface area (Å²) in [4.78, 5) is 12.0. The third-order valence-electron chi connectivity index (χ3n) is 3.27. The van der Waals surface area contributed by atoms with E-state index in [1.807, 2.05) is 6.07 Å². The molecule has 1 aromatic rings. The van der Waals surface area contributed by atoms with Crippen molar-refractivity contribution in [2.75, 3.05) is 13.1 Å². The van der Waals surface area contributed by atoms with Crippen LogP contribution in [-0.2, 0) is 6.54 Å². The van der Waals surface area contributed by atoms with Crippen molar-refractivity contribution < 1.29 is 14.8 Å². The second-order valence-electron chi connectivity index (χ2n) is 4.65. The van der Waals surface area contributed by atoms with Gasteiger partial charge in [-0.25, -0.2) is 10.2 Å². The second-order valence-corrected chi connectivity index (χ2v) is 4.65. The highest BCUT2D eigenvalue weighted by molar-refractivity contribution is 5.99. The van der Waals surface area contributed by atoms with Crippen molar-refractivity contribution in [2.24, 2.45) is 10.8 Å². The molecular weight excluding hydrogens is 256 g/mol. The Labute approximate surface area is 119 Å². The zero-order valence-corrected chi connectivity index (χ0v) is 12.2. The van der Waals surface area contributed by atoms with Crippen LogP contribution in [0.5, 0.6) is 5.75 Å². The van der Waals surface area contributed by atoms with E-state index < -0.39 is 6.03 Å². The summed E-state index contributed by atoms with van der Waals surface area (Å²) in [6.07, 6.45) is 0. The van der Waals surface area contributed by atoms with Crippen LogP contribution in [-0.4, -0.2) is 29.9 Å². The van der Waals surface area contributed by atoms with Gasteiger partial charge in [-0.1, -0.05) is 0 Å². The van der Waals surface area contributed by atoms with Crippen LogP contribution in [0.1, 0.15) is 31.9 Å². The maximum Gasteiger partial charge on any atom is 0.332 e. The Morgan fingerprint density at radius 1 is 1.40 bits per heavy atom. The molecule has 0 aromatic heterocycles. The summed E-state index contributed by atoms with van der Waals surface area (Å²) in [5, 5.41) is 13.8. The maximum atomic E-state index is 10.6. The number of hydrazone groups is 1. The number of carbonyl (C=O) groups is 1. The number of carbonyl (C=O) groups excluding carboxylic acids is 1. The molecule has 1 aromatic carbocycles. The van der Waals surface area contributed by atoms with Gasteiger partial charge in [-0.05, 0) is 44.5 Å². The number of aromatic hydroxyl groups is 1. The van der Waals surface area contributed by atoms with E-state index in [2.05, 4.69) is 24.4 Å². The van der Waals surface area contributed by atoms with Gasteiger partial charge >= 0.3 is 6.03 Å². The molecule has 5 N–H and O–H groups in total. The zero-order chi connectivity index (χ0) is 15.1. The van der Waals surface area contributed by atoms with Gasteiger partial charge in [0.25, 0.3) is 0 Å². The van der Waals surface area contributed by atoms with Gasteiger partial charge < -0.3 is 15.7 Å². The topological polar surface area (TPSA) is 92.1 Å². The molecule has 20 heavy (non-hydrogen) atoms. The van der Waals surface area contributed by atoms with Crippen molar-refractivity contribution in [1.82, 2.24) is 5.43 Å². The van der Waals surface area contributed by atoms with Crippen LogP contribution >= 0.6 is 0 Å². The van der Waals surface area contributed by atoms with Gasteiger partial charge in [0.2, 0.25) is 0 Å². The Kier molecular flexibility index (Phi) is 5.99. The van der Waals surface area contributed by atoms with Gasteiger partial charge in [0.15, 0.2) is 0 Å². The highest BCUT2D eigenvalue weighted by atomic mass is 16.3. The minimum absolute atomic E-state index is 0.281. The minimum Gasteiger partial charge on any atom is -0.507 e. The summed E-state index contributed by atoms with van der Waals surface area (Å²) in [6.45, 7) is 8.75. The Hall–Kier alpha value is -2.08. The molecule has 0 saturated carbocycles. The van der Waals surface area contributed by atoms with E-state index >= 15 is 0 Å². The van der Waals surface area contributed by atoms with Gasteiger partial charge in [0.1, 0.15) is 12.3 Å². The molecule has 110 valence electrons. The van der Waals surface area contributed by atoms with Crippen molar-refractivity contribution in [3.8, 4) is 5.75 Å². The minimum atomic E-state index is -0.698. The SMILES string of the molecule is CC[NH+](CC)Cc1cc(/C(C)=N/NC(N)=O)ccc1O. The number of hydrogen-bond donors (Lipinski definition) is 4. The molecule has 0 heterocycles. The maximum absolute atomic E-state index is 10.6. The highest BCUT2D eigenvalue weighted by Crippen LogP contribution is 2.18. The predicted molar refractivity (Wildman–Crippen MR) is 78.8 cm³/mol. The number of nitrogens with two attached hydrogens (primary N) is 1. The lowest BCUT2D eigenvalue weighted by Gasteiger charge is -2.16. The van der Waals surface area contributed by atoms with E-state index in [1.165, 1.54) is 4.90 Å². The van der Waals surface area contributed by atoms with Crippen LogP contribution in [0.3, 0.4) is 0 Å². The fraction of sp³-hybridized carbons (Fsp3) is 0.429. The molecule has 0 fully saturated rings. The molecule has 0 spiro atoms. The monoisotopic (exact) mass is 279 g/mol. The third-order valence-corrected chi connectivity index (χ3v) is 3.27. The lowest BCUT2D eigenvalue weighted by Crippen LogP contribution is -3.10. The average molecular weight is 279 g/mol. The Morgan fingerprint density at radius 3 is 2.60 bits per heavy atom. The number of quaternary nitrogens is 1. The molecule has 0 saturated heterocycles. The van der Waals surface area contributed by atoms with Gasteiger partial charge in [-0.2, -0.15) is 5.10 Å². The van der Waals surface area contributed by atoms with Crippen LogP contribution in [0.2, 0.25) is 0 Å². The molecule has 0 aliphatic rings. The molecule has 6 heteroatoms. The van der Waals surface area contributed by atoms with Crippen LogP contribution < -0.4 is 16.1 Å². The van der Waals surface area contributed by atoms with E-state index in [-0.39, 0.29) is 5.75 Å². The average Bonchev–Trinajstić information content (AvgIpc) is 2.43. The summed E-state index contributed by atoms with van der Waals surface area (Å²) >= 11 is 0. The van der Waals surface area contributed by atoms with E-state index in [4.69, 9.17) is 5.73 Å². The number of rotatable bonds is 6. The second kappa shape index (κ2) is 7.49. The molecule has 0 bridgehead atoms. The molecule has 2 amide bonds. The third kappa shape index (κ3) is 4.55. The van der Waals surface area contributed by atoms with Crippen LogP contribution in [0.4, 0.5) is 4.79 Å². The quantitative estimate of drug-likeness (QED) is 0.443. The van der Waals surface area contributed by atoms with E-state index in [0.717, 1.165) is 30.8 Å². The van der Waals surface area contributed by atoms with Crippen LogP contribution in [0.25, 0.3) is 0 Å². The number of phenols is 1. The molecule has 6 nitrogen and oxygen atoms in total. The number of primary amides is 1. The van der Waals surface area contributed by atoms with Crippen molar-refractivity contribution in [2.45, 2.75) is 27.3 Å². The molecule has 0 aliphatic carbocycles. The predicted octanol–water partition coefficient (Wildman–Crippen LogP) is 0.209. The van der Waals surface area contributed by atoms with Crippen LogP contribution in [0.15, 0.2) is 23.3 Å². The largest absolute Gasteiger partial charge is 0.507 e. The van der Waals surface area contributed by atoms with Gasteiger partial charge in [0.05, 0.1) is 18.8 Å². The number of phenolic OH excluding ortho intramolecular Hbond substituents is 1. The van der Waals surface area contributed by atoms with E-state index in [9.17, 15) is 9.90 Å². The molecule has 1 rings (SSSR count). The van der Waals surface area contributed by atoms with Gasteiger partial charge in [-0.15, -0.1) is 0 Å². The molecule has 0 radical (unpaired) electrons. The van der Waals surface area contributed by atoms with Crippen LogP contribution in [0, 0.1) is 0 Å². The number of nitrogens with one attached hydrogen (secondary N) is 2. The summed E-state index contributed by atoms with van der Waals surface area (Å²) in [5.41, 5.74) is 9.53. The first kappa shape index (κ1) is 16.0. The molecule has 0 atom stereocenters. The van der Waals surface area contributed by atoms with Gasteiger partial charge in [-0.3, -0.25) is 0 Å². The summed E-state index contributed by atoms with van der Waals surface area (Å²) in [7, 11) is 0. The number of hydrogen-bond acceptors (Lipinski definition) is 3. The smallest absolute Gasteiger partial charge is 0.332 e. The van der Waals surface area contributed by atoms with E-state index in [1.54, 1.807) is 19.1 Å². The zero-order valence-electron chi connectivity index (χ0n) is 12.2. The Balaban J connectivity index is 2.95. The van der Waals surface area contributed by atoms with Crippen molar-refractivity contribution in [3.05, 3.63) is 29.3 Å². The molecular formula is C14H23N4O2+. The summed E-state index contributed by atoms with van der Waals surface area (Å²) in [6, 6.07) is 4.60. The fourth-order valence-electron chi connectivity index (χ4n) is 1.92. The van der Waals surface area contributed by atoms with Crippen molar-refractivity contribution in [3.63, 3.8) is 0 Å². The Bertz CT molecular complexity index is 496. The first-order chi connectivity index (χ1) is 9.47. The first-order valence-corrected chi connectivity index (χ1v) is 6.73. The van der Waals surface area contributed by atoms with Crippen molar-refractivity contribution >= 4 is 11.7 Å². The van der Waals surface area contributed by atoms with Gasteiger partial charge in [0, 0.05) is 5.56 Å². The lowest BCUT2D eigenvalue weighted by atomic mass is 10.1. The number of nitrogens with zero attached hydrogens (tertiary/aromatic N) is 1. The summed E-state index contributed by atoms with van der Waals surface area (Å²) in [5.74, 6) is 0.281. The normalized spacial score (nSPS) is 11.7. The number of amides is 2. The van der Waals surface area contributed by atoms with Crippen molar-refractivity contribution in [1.29, 1.82) is 0 Å². The fourth-order valence-corrected chi connectivity index (χ4v) is 1.92. The summed E-state index contributed by atoms with van der Waals surface area (Å²) < 4.78 is 0. The van der Waals surface area contributed by atoms with E-state index in [0.29, 0.717) is 5.71 Å². The lowest BCUT2D eigenvalue weighted by molar-refractivity contribution is -0.910. The standard InChI is InChI=1S/C14H22N4O2/c1-4-18(5-2)9-12-8-11(6-7-13(12)19)10(3)16-17-14(15)20/h6-8,19H,4-5,9H2,1-3H3,(H3,15,17,20)/p+1/b16-10+. The molecule has 0 aliphatic heterocycles. The number of benzene rings is 1. The molecule has 0 unspecified atom stereocenters. The first-order valence-electron chi connectivity index (χ1n) is 6.73.